The van der Waals surface area contributed by atoms with Crippen LogP contribution in [-0.4, -0.2) is 58.6 Å². The Morgan fingerprint density at radius 1 is 1.17 bits per heavy atom. The third-order valence-electron chi connectivity index (χ3n) is 6.24. The number of nitrogens with one attached hydrogen (secondary N) is 2. The molecule has 0 bridgehead atoms. The van der Waals surface area contributed by atoms with Crippen molar-refractivity contribution in [3.8, 4) is 5.75 Å². The van der Waals surface area contributed by atoms with Gasteiger partial charge in [-0.3, -0.25) is 4.98 Å². The van der Waals surface area contributed by atoms with Crippen molar-refractivity contribution >= 4 is 36.5 Å². The predicted octanol–water partition coefficient (Wildman–Crippen LogP) is 2.95. The van der Waals surface area contributed by atoms with E-state index in [1.165, 1.54) is 0 Å². The zero-order chi connectivity index (χ0) is 24.2. The molecule has 0 aliphatic carbocycles. The van der Waals surface area contributed by atoms with Crippen LogP contribution in [0.4, 0.5) is 16.3 Å². The molecule has 0 spiro atoms. The van der Waals surface area contributed by atoms with E-state index in [1.54, 1.807) is 30.1 Å². The highest BCUT2D eigenvalue weighted by atomic mass is 16.5. The van der Waals surface area contributed by atoms with Gasteiger partial charge in [0.1, 0.15) is 25.1 Å². The molecule has 176 valence electrons. The van der Waals surface area contributed by atoms with E-state index in [2.05, 4.69) is 20.7 Å². The van der Waals surface area contributed by atoms with Gasteiger partial charge in [-0.25, -0.2) is 9.78 Å². The van der Waals surface area contributed by atoms with Crippen LogP contribution >= 0.6 is 0 Å². The van der Waals surface area contributed by atoms with Gasteiger partial charge in [-0.05, 0) is 42.1 Å². The van der Waals surface area contributed by atoms with E-state index in [0.29, 0.717) is 42.2 Å². The molecule has 9 nitrogen and oxygen atoms in total. The highest BCUT2D eigenvalue weighted by Gasteiger charge is 2.26. The quantitative estimate of drug-likeness (QED) is 0.424. The first-order chi connectivity index (χ1) is 17.1. The lowest BCUT2D eigenvalue weighted by molar-refractivity contribution is 0.194. The van der Waals surface area contributed by atoms with Crippen LogP contribution in [0.1, 0.15) is 30.0 Å². The van der Waals surface area contributed by atoms with Crippen LogP contribution in [0.5, 0.6) is 5.75 Å². The van der Waals surface area contributed by atoms with E-state index in [-0.39, 0.29) is 11.9 Å². The standard InChI is InChI=1S/C25H26BN7O2/c1-35-20-6-2-5-19(12-20)30-25(34)32-10-7-18(8-11-32)22-13-23(28-15-17-4-3-9-27-14-17)33-24(31-22)21(26)16-29-33/h2-6,9,12-14,16,18,28H,7-8,10-11,15H2,1H3,(H,30,34). The average molecular weight is 467 g/mol. The second-order valence-electron chi connectivity index (χ2n) is 8.54. The number of nitrogens with zero attached hydrogens (tertiary/aromatic N) is 5. The molecule has 4 aromatic rings. The Morgan fingerprint density at radius 2 is 2.03 bits per heavy atom. The van der Waals surface area contributed by atoms with Crippen molar-refractivity contribution in [2.24, 2.45) is 0 Å². The SMILES string of the molecule is [B]c1cnn2c(NCc3cccnc3)cc(C3CCN(C(=O)Nc4cccc(OC)c4)CC3)nc12. The molecular weight excluding hydrogens is 441 g/mol. The van der Waals surface area contributed by atoms with Crippen LogP contribution in [-0.2, 0) is 6.54 Å². The van der Waals surface area contributed by atoms with Crippen molar-refractivity contribution in [1.82, 2.24) is 24.5 Å². The zero-order valence-corrected chi connectivity index (χ0v) is 19.5. The highest BCUT2D eigenvalue weighted by molar-refractivity contribution is 6.36. The van der Waals surface area contributed by atoms with Crippen molar-refractivity contribution in [2.75, 3.05) is 30.8 Å². The van der Waals surface area contributed by atoms with E-state index in [4.69, 9.17) is 17.6 Å². The molecule has 4 heterocycles. The highest BCUT2D eigenvalue weighted by Crippen LogP contribution is 2.29. The normalized spacial score (nSPS) is 14.1. The van der Waals surface area contributed by atoms with Crippen LogP contribution in [0.3, 0.4) is 0 Å². The largest absolute Gasteiger partial charge is 0.497 e. The molecule has 2 N–H and O–H groups in total. The number of hydrogen-bond donors (Lipinski definition) is 2. The number of aromatic nitrogens is 4. The number of ether oxygens (including phenoxy) is 1. The van der Waals surface area contributed by atoms with Gasteiger partial charge < -0.3 is 20.3 Å². The molecule has 0 atom stereocenters. The summed E-state index contributed by atoms with van der Waals surface area (Å²) in [7, 11) is 7.76. The van der Waals surface area contributed by atoms with Gasteiger partial charge in [0.25, 0.3) is 0 Å². The summed E-state index contributed by atoms with van der Waals surface area (Å²) in [5, 5.41) is 10.8. The summed E-state index contributed by atoms with van der Waals surface area (Å²) >= 11 is 0. The molecule has 1 aromatic carbocycles. The first kappa shape index (κ1) is 22.7. The second-order valence-corrected chi connectivity index (χ2v) is 8.54. The third kappa shape index (κ3) is 5.06. The fourth-order valence-corrected chi connectivity index (χ4v) is 4.31. The van der Waals surface area contributed by atoms with Crippen LogP contribution in [0, 0.1) is 0 Å². The molecule has 0 saturated carbocycles. The molecule has 0 unspecified atom stereocenters. The lowest BCUT2D eigenvalue weighted by Gasteiger charge is -2.32. The molecule has 35 heavy (non-hydrogen) atoms. The number of pyridine rings is 1. The van der Waals surface area contributed by atoms with Crippen LogP contribution in [0.2, 0.25) is 0 Å². The lowest BCUT2D eigenvalue weighted by Crippen LogP contribution is -2.40. The number of fused-ring (bicyclic) bond motifs is 1. The van der Waals surface area contributed by atoms with Crippen molar-refractivity contribution in [3.63, 3.8) is 0 Å². The molecule has 5 rings (SSSR count). The second kappa shape index (κ2) is 10.0. The van der Waals surface area contributed by atoms with Gasteiger partial charge in [-0.2, -0.15) is 9.61 Å². The number of piperidine rings is 1. The number of urea groups is 1. The van der Waals surface area contributed by atoms with Crippen LogP contribution in [0.15, 0.2) is 61.1 Å². The maximum absolute atomic E-state index is 12.8. The number of methoxy groups -OCH3 is 1. The van der Waals surface area contributed by atoms with Crippen molar-refractivity contribution in [2.45, 2.75) is 25.3 Å². The Hall–Kier alpha value is -4.08. The van der Waals surface area contributed by atoms with Gasteiger partial charge in [0.15, 0.2) is 0 Å². The van der Waals surface area contributed by atoms with E-state index in [0.717, 1.165) is 29.9 Å². The summed E-state index contributed by atoms with van der Waals surface area (Å²) < 4.78 is 6.96. The number of carbonyl (C=O) groups is 1. The minimum Gasteiger partial charge on any atom is -0.497 e. The van der Waals surface area contributed by atoms with Crippen LogP contribution in [0.25, 0.3) is 5.65 Å². The molecule has 1 saturated heterocycles. The summed E-state index contributed by atoms with van der Waals surface area (Å²) in [5.74, 6) is 1.74. The number of benzene rings is 1. The summed E-state index contributed by atoms with van der Waals surface area (Å²) in [5.41, 5.74) is 3.89. The number of hydrogen-bond acceptors (Lipinski definition) is 6. The number of likely N-dealkylation sites (tertiary alicyclic amines) is 1. The smallest absolute Gasteiger partial charge is 0.321 e. The molecule has 1 fully saturated rings. The molecule has 2 amide bonds. The molecule has 3 aromatic heterocycles. The van der Waals surface area contributed by atoms with Gasteiger partial charge >= 0.3 is 6.03 Å². The Balaban J connectivity index is 1.27. The van der Waals surface area contributed by atoms with Crippen molar-refractivity contribution in [3.05, 3.63) is 72.3 Å². The number of amides is 2. The summed E-state index contributed by atoms with van der Waals surface area (Å²) in [4.78, 5) is 23.6. The first-order valence-electron chi connectivity index (χ1n) is 11.6. The minimum absolute atomic E-state index is 0.112. The fraction of sp³-hybridized carbons (Fsp3) is 0.280. The monoisotopic (exact) mass is 467 g/mol. The lowest BCUT2D eigenvalue weighted by atomic mass is 9.93. The first-order valence-corrected chi connectivity index (χ1v) is 11.6. The van der Waals surface area contributed by atoms with Gasteiger partial charge in [-0.1, -0.05) is 12.1 Å². The Morgan fingerprint density at radius 3 is 2.80 bits per heavy atom. The zero-order valence-electron chi connectivity index (χ0n) is 19.5. The fourth-order valence-electron chi connectivity index (χ4n) is 4.31. The maximum atomic E-state index is 12.8. The van der Waals surface area contributed by atoms with Gasteiger partial charge in [0.2, 0.25) is 0 Å². The maximum Gasteiger partial charge on any atom is 0.321 e. The topological polar surface area (TPSA) is 96.7 Å². The number of carbonyl (C=O) groups excluding carboxylic acids is 1. The van der Waals surface area contributed by atoms with E-state index >= 15 is 0 Å². The molecule has 10 heteroatoms. The molecule has 1 aliphatic heterocycles. The number of rotatable bonds is 6. The van der Waals surface area contributed by atoms with Crippen molar-refractivity contribution < 1.29 is 9.53 Å². The Bertz CT molecular complexity index is 1320. The molecule has 2 radical (unpaired) electrons. The van der Waals surface area contributed by atoms with Gasteiger partial charge in [-0.15, -0.1) is 0 Å². The average Bonchev–Trinajstić information content (AvgIpc) is 3.28. The molecular formula is C25H26BN7O2. The predicted molar refractivity (Wildman–Crippen MR) is 135 cm³/mol. The Kier molecular flexibility index (Phi) is 6.52. The van der Waals surface area contributed by atoms with Gasteiger partial charge in [0.05, 0.1) is 7.11 Å². The van der Waals surface area contributed by atoms with Crippen LogP contribution < -0.4 is 20.8 Å². The van der Waals surface area contributed by atoms with E-state index < -0.39 is 0 Å². The summed E-state index contributed by atoms with van der Waals surface area (Å²) in [6.45, 7) is 1.89. The summed E-state index contributed by atoms with van der Waals surface area (Å²) in [6.07, 6.45) is 6.82. The van der Waals surface area contributed by atoms with Crippen molar-refractivity contribution in [1.29, 1.82) is 0 Å². The summed E-state index contributed by atoms with van der Waals surface area (Å²) in [6, 6.07) is 13.2. The van der Waals surface area contributed by atoms with E-state index in [1.807, 2.05) is 47.5 Å². The Labute approximate surface area is 204 Å². The van der Waals surface area contributed by atoms with E-state index in [9.17, 15) is 4.79 Å². The third-order valence-corrected chi connectivity index (χ3v) is 6.24. The molecule has 1 aliphatic rings. The number of anilines is 2. The minimum atomic E-state index is -0.112. The van der Waals surface area contributed by atoms with Gasteiger partial charge in [0, 0.05) is 67.7 Å².